The molecule has 0 aliphatic rings. The maximum atomic E-state index is 10.3. The van der Waals surface area contributed by atoms with Crippen LogP contribution in [0.4, 0.5) is 0 Å². The maximum Gasteiger partial charge on any atom is 0.310 e. The Balaban J connectivity index is 3.79. The number of carboxylic acid groups (broad SMARTS) is 1. The van der Waals surface area contributed by atoms with E-state index in [-0.39, 0.29) is 12.8 Å². The second-order valence-electron chi connectivity index (χ2n) is 2.19. The maximum absolute atomic E-state index is 10.3. The lowest BCUT2D eigenvalue weighted by molar-refractivity contribution is -0.140. The van der Waals surface area contributed by atoms with Crippen molar-refractivity contribution >= 4 is 11.9 Å². The molecule has 0 saturated carbocycles. The van der Waals surface area contributed by atoms with Crippen LogP contribution in [0.25, 0.3) is 0 Å². The number of carbonyl (C=O) groups excluding carboxylic acids is 1. The standard InChI is InChI=1S/C7H11NO3/c1-2-5(7(10)11)3-4-6(8)9/h2,5H,1,3-4H2,(H2,8,9)(H,10,11)/t5-/m0/s1. The van der Waals surface area contributed by atoms with Crippen molar-refractivity contribution in [2.45, 2.75) is 12.8 Å². The molecule has 1 amide bonds. The average Bonchev–Trinajstić information content (AvgIpc) is 1.87. The molecule has 0 spiro atoms. The highest BCUT2D eigenvalue weighted by atomic mass is 16.4. The van der Waals surface area contributed by atoms with Crippen molar-refractivity contribution in [3.8, 4) is 0 Å². The van der Waals surface area contributed by atoms with Crippen LogP contribution in [-0.4, -0.2) is 17.0 Å². The van der Waals surface area contributed by atoms with Gasteiger partial charge in [0.2, 0.25) is 5.91 Å². The summed E-state index contributed by atoms with van der Waals surface area (Å²) < 4.78 is 0. The Bertz CT molecular complexity index is 177. The van der Waals surface area contributed by atoms with Gasteiger partial charge in [0.1, 0.15) is 0 Å². The SMILES string of the molecule is C=C[C@@H](CCC(N)=O)C(=O)O. The van der Waals surface area contributed by atoms with Crippen molar-refractivity contribution in [2.75, 3.05) is 0 Å². The molecule has 62 valence electrons. The summed E-state index contributed by atoms with van der Waals surface area (Å²) in [4.78, 5) is 20.6. The molecule has 0 heterocycles. The Hall–Kier alpha value is -1.32. The number of aliphatic carboxylic acids is 1. The molecule has 3 N–H and O–H groups in total. The lowest BCUT2D eigenvalue weighted by atomic mass is 10.0. The second kappa shape index (κ2) is 4.49. The van der Waals surface area contributed by atoms with Crippen molar-refractivity contribution < 1.29 is 14.7 Å². The first-order valence-corrected chi connectivity index (χ1v) is 3.21. The molecular formula is C7H11NO3. The fourth-order valence-corrected chi connectivity index (χ4v) is 0.640. The minimum atomic E-state index is -0.971. The van der Waals surface area contributed by atoms with E-state index in [0.29, 0.717) is 0 Å². The van der Waals surface area contributed by atoms with Gasteiger partial charge in [0.05, 0.1) is 5.92 Å². The molecule has 0 fully saturated rings. The number of nitrogens with two attached hydrogens (primary N) is 1. The van der Waals surface area contributed by atoms with Gasteiger partial charge in [-0.1, -0.05) is 6.08 Å². The topological polar surface area (TPSA) is 80.4 Å². The average molecular weight is 157 g/mol. The van der Waals surface area contributed by atoms with E-state index in [0.717, 1.165) is 0 Å². The summed E-state index contributed by atoms with van der Waals surface area (Å²) in [5, 5.41) is 8.46. The first-order valence-electron chi connectivity index (χ1n) is 3.21. The predicted molar refractivity (Wildman–Crippen MR) is 39.8 cm³/mol. The Morgan fingerprint density at radius 2 is 2.18 bits per heavy atom. The number of carbonyl (C=O) groups is 2. The van der Waals surface area contributed by atoms with E-state index in [4.69, 9.17) is 10.8 Å². The zero-order chi connectivity index (χ0) is 8.85. The molecule has 4 nitrogen and oxygen atoms in total. The van der Waals surface area contributed by atoms with E-state index < -0.39 is 17.8 Å². The predicted octanol–water partition coefficient (Wildman–Crippen LogP) is 0.139. The molecular weight excluding hydrogens is 146 g/mol. The summed E-state index contributed by atoms with van der Waals surface area (Å²) >= 11 is 0. The summed E-state index contributed by atoms with van der Waals surface area (Å²) in [7, 11) is 0. The van der Waals surface area contributed by atoms with E-state index >= 15 is 0 Å². The highest BCUT2D eigenvalue weighted by Crippen LogP contribution is 2.06. The molecule has 1 atom stereocenters. The smallest absolute Gasteiger partial charge is 0.310 e. The summed E-state index contributed by atoms with van der Waals surface area (Å²) in [5.41, 5.74) is 4.83. The van der Waals surface area contributed by atoms with E-state index in [1.807, 2.05) is 0 Å². The van der Waals surface area contributed by atoms with Gasteiger partial charge in [-0.15, -0.1) is 6.58 Å². The van der Waals surface area contributed by atoms with Gasteiger partial charge >= 0.3 is 5.97 Å². The Labute approximate surface area is 64.7 Å². The monoisotopic (exact) mass is 157 g/mol. The van der Waals surface area contributed by atoms with Crippen molar-refractivity contribution in [3.05, 3.63) is 12.7 Å². The van der Waals surface area contributed by atoms with Gasteiger partial charge in [-0.05, 0) is 6.42 Å². The first-order chi connectivity index (χ1) is 5.07. The van der Waals surface area contributed by atoms with Gasteiger partial charge in [-0.3, -0.25) is 9.59 Å². The van der Waals surface area contributed by atoms with Crippen LogP contribution < -0.4 is 5.73 Å². The van der Waals surface area contributed by atoms with Gasteiger partial charge in [-0.25, -0.2) is 0 Å². The van der Waals surface area contributed by atoms with E-state index in [2.05, 4.69) is 6.58 Å². The molecule has 0 aromatic heterocycles. The first kappa shape index (κ1) is 9.68. The number of hydrogen-bond donors (Lipinski definition) is 2. The molecule has 0 bridgehead atoms. The third-order valence-electron chi connectivity index (χ3n) is 1.30. The lowest BCUT2D eigenvalue weighted by Gasteiger charge is -2.03. The fraction of sp³-hybridized carbons (Fsp3) is 0.429. The highest BCUT2D eigenvalue weighted by Gasteiger charge is 2.13. The van der Waals surface area contributed by atoms with Crippen LogP contribution >= 0.6 is 0 Å². The quantitative estimate of drug-likeness (QED) is 0.557. The van der Waals surface area contributed by atoms with Crippen molar-refractivity contribution in [1.29, 1.82) is 0 Å². The van der Waals surface area contributed by atoms with Gasteiger partial charge in [0.25, 0.3) is 0 Å². The second-order valence-corrected chi connectivity index (χ2v) is 2.19. The summed E-state index contributed by atoms with van der Waals surface area (Å²) in [6.45, 7) is 3.33. The van der Waals surface area contributed by atoms with Gasteiger partial charge in [0.15, 0.2) is 0 Å². The molecule has 0 aliphatic heterocycles. The van der Waals surface area contributed by atoms with Crippen LogP contribution in [0.2, 0.25) is 0 Å². The number of rotatable bonds is 5. The number of primary amides is 1. The number of hydrogen-bond acceptors (Lipinski definition) is 2. The largest absolute Gasteiger partial charge is 0.481 e. The van der Waals surface area contributed by atoms with Crippen LogP contribution in [0.1, 0.15) is 12.8 Å². The van der Waals surface area contributed by atoms with Crippen LogP contribution in [0, 0.1) is 5.92 Å². The number of carboxylic acids is 1. The molecule has 0 aromatic rings. The molecule has 11 heavy (non-hydrogen) atoms. The van der Waals surface area contributed by atoms with Gasteiger partial charge in [-0.2, -0.15) is 0 Å². The van der Waals surface area contributed by atoms with Crippen LogP contribution in [-0.2, 0) is 9.59 Å². The molecule has 0 unspecified atom stereocenters. The van der Waals surface area contributed by atoms with E-state index in [1.165, 1.54) is 6.08 Å². The molecule has 0 radical (unpaired) electrons. The fourth-order valence-electron chi connectivity index (χ4n) is 0.640. The van der Waals surface area contributed by atoms with E-state index in [1.54, 1.807) is 0 Å². The van der Waals surface area contributed by atoms with Gasteiger partial charge < -0.3 is 10.8 Å². The van der Waals surface area contributed by atoms with Crippen molar-refractivity contribution in [3.63, 3.8) is 0 Å². The summed E-state index contributed by atoms with van der Waals surface area (Å²) in [6, 6.07) is 0. The molecule has 4 heteroatoms. The highest BCUT2D eigenvalue weighted by molar-refractivity contribution is 5.76. The lowest BCUT2D eigenvalue weighted by Crippen LogP contribution is -2.16. The number of amides is 1. The summed E-state index contributed by atoms with van der Waals surface area (Å²) in [5.74, 6) is -2.12. The molecule has 0 rings (SSSR count). The normalized spacial score (nSPS) is 12.0. The third-order valence-corrected chi connectivity index (χ3v) is 1.30. The molecule has 0 aromatic carbocycles. The van der Waals surface area contributed by atoms with Crippen molar-refractivity contribution in [2.24, 2.45) is 11.7 Å². The Morgan fingerprint density at radius 3 is 2.45 bits per heavy atom. The minimum Gasteiger partial charge on any atom is -0.481 e. The zero-order valence-corrected chi connectivity index (χ0v) is 6.12. The van der Waals surface area contributed by atoms with Gasteiger partial charge in [0, 0.05) is 6.42 Å². The summed E-state index contributed by atoms with van der Waals surface area (Å²) in [6.07, 6.45) is 1.61. The van der Waals surface area contributed by atoms with Crippen LogP contribution in [0.3, 0.4) is 0 Å². The van der Waals surface area contributed by atoms with Crippen LogP contribution in [0.15, 0.2) is 12.7 Å². The Morgan fingerprint density at radius 1 is 1.64 bits per heavy atom. The third kappa shape index (κ3) is 4.13. The molecule has 0 saturated heterocycles. The Kier molecular flexibility index (Phi) is 3.95. The zero-order valence-electron chi connectivity index (χ0n) is 6.12. The van der Waals surface area contributed by atoms with Crippen LogP contribution in [0.5, 0.6) is 0 Å². The molecule has 0 aliphatic carbocycles. The van der Waals surface area contributed by atoms with E-state index in [9.17, 15) is 9.59 Å². The minimum absolute atomic E-state index is 0.0863. The van der Waals surface area contributed by atoms with Crippen molar-refractivity contribution in [1.82, 2.24) is 0 Å².